The van der Waals surface area contributed by atoms with E-state index in [1.807, 2.05) is 41.6 Å². The van der Waals surface area contributed by atoms with E-state index >= 15 is 0 Å². The average molecular weight is 430 g/mol. The molecule has 0 bridgehead atoms. The number of nitrogens with zero attached hydrogens (tertiary/aromatic N) is 3. The lowest BCUT2D eigenvalue weighted by Crippen LogP contribution is -2.30. The molecule has 1 saturated heterocycles. The number of hydrogen-bond donors (Lipinski definition) is 2. The quantitative estimate of drug-likeness (QED) is 0.469. The molecule has 2 aromatic heterocycles. The predicted octanol–water partition coefficient (Wildman–Crippen LogP) is 4.62. The number of phenols is 1. The second-order valence-electron chi connectivity index (χ2n) is 8.00. The third kappa shape index (κ3) is 3.89. The molecule has 0 aliphatic carbocycles. The summed E-state index contributed by atoms with van der Waals surface area (Å²) in [7, 11) is 0. The summed E-state index contributed by atoms with van der Waals surface area (Å²) in [6, 6.07) is 17.1. The van der Waals surface area contributed by atoms with Gasteiger partial charge in [0.25, 0.3) is 0 Å². The molecule has 3 heterocycles. The van der Waals surface area contributed by atoms with E-state index in [9.17, 15) is 14.3 Å². The van der Waals surface area contributed by atoms with E-state index in [1.54, 1.807) is 28.9 Å². The fourth-order valence-electron chi connectivity index (χ4n) is 4.29. The highest BCUT2D eigenvalue weighted by Gasteiger charge is 2.35. The summed E-state index contributed by atoms with van der Waals surface area (Å²) in [5.41, 5.74) is 4.44. The van der Waals surface area contributed by atoms with Crippen LogP contribution in [0.15, 0.2) is 73.1 Å². The number of rotatable bonds is 6. The molecule has 1 atom stereocenters. The zero-order chi connectivity index (χ0) is 22.1. The molecule has 0 radical (unpaired) electrons. The van der Waals surface area contributed by atoms with E-state index in [-0.39, 0.29) is 23.5 Å². The number of H-pyrrole nitrogens is 1. The summed E-state index contributed by atoms with van der Waals surface area (Å²) < 4.78 is 15.1. The van der Waals surface area contributed by atoms with Gasteiger partial charge in [-0.1, -0.05) is 12.1 Å². The van der Waals surface area contributed by atoms with Gasteiger partial charge in [0.1, 0.15) is 17.3 Å². The number of carbonyl (C=O) groups excluding carboxylic acids is 1. The van der Waals surface area contributed by atoms with Crippen molar-refractivity contribution >= 4 is 5.91 Å². The molecule has 0 unspecified atom stereocenters. The average Bonchev–Trinajstić information content (AvgIpc) is 3.53. The maximum Gasteiger partial charge on any atom is 0.223 e. The van der Waals surface area contributed by atoms with Gasteiger partial charge in [0, 0.05) is 30.9 Å². The predicted molar refractivity (Wildman–Crippen MR) is 119 cm³/mol. The van der Waals surface area contributed by atoms with Crippen molar-refractivity contribution in [1.82, 2.24) is 19.7 Å². The molecule has 2 N–H and O–H groups in total. The van der Waals surface area contributed by atoms with Gasteiger partial charge in [-0.15, -0.1) is 0 Å². The third-order valence-corrected chi connectivity index (χ3v) is 5.95. The Kier molecular flexibility index (Phi) is 5.23. The van der Waals surface area contributed by atoms with Crippen molar-refractivity contribution in [2.45, 2.75) is 25.3 Å². The minimum absolute atomic E-state index is 0.0906. The first-order valence-corrected chi connectivity index (χ1v) is 10.6. The second kappa shape index (κ2) is 8.34. The Morgan fingerprint density at radius 3 is 2.59 bits per heavy atom. The highest BCUT2D eigenvalue weighted by atomic mass is 19.1. The number of likely N-dealkylation sites (tertiary alicyclic amines) is 1. The molecule has 32 heavy (non-hydrogen) atoms. The molecule has 0 saturated carbocycles. The van der Waals surface area contributed by atoms with Gasteiger partial charge in [-0.25, -0.2) is 9.07 Å². The molecular formula is C25H23FN4O2. The molecular weight excluding hydrogens is 407 g/mol. The number of nitrogens with one attached hydrogen (secondary N) is 1. The SMILES string of the molecule is O=C1CC[C@H](c2cn(-c3ccc(F)cc3)nc2-c2ccc[nH]2)N1CCc1ccc(O)cc1. The van der Waals surface area contributed by atoms with Gasteiger partial charge in [-0.05, 0) is 66.9 Å². The van der Waals surface area contributed by atoms with Gasteiger partial charge < -0.3 is 15.0 Å². The van der Waals surface area contributed by atoms with E-state index in [1.165, 1.54) is 12.1 Å². The zero-order valence-corrected chi connectivity index (χ0v) is 17.4. The first-order chi connectivity index (χ1) is 15.6. The van der Waals surface area contributed by atoms with Gasteiger partial charge in [0.05, 0.1) is 17.4 Å². The van der Waals surface area contributed by atoms with E-state index in [0.717, 1.165) is 34.6 Å². The Morgan fingerprint density at radius 2 is 1.88 bits per heavy atom. The maximum atomic E-state index is 13.4. The van der Waals surface area contributed by atoms with Crippen LogP contribution in [-0.2, 0) is 11.2 Å². The maximum absolute atomic E-state index is 13.4. The molecule has 1 amide bonds. The van der Waals surface area contributed by atoms with Crippen LogP contribution in [0.4, 0.5) is 4.39 Å². The van der Waals surface area contributed by atoms with Gasteiger partial charge in [-0.2, -0.15) is 5.10 Å². The highest BCUT2D eigenvalue weighted by molar-refractivity contribution is 5.80. The number of phenolic OH excluding ortho intramolecular Hbond substituents is 1. The minimum atomic E-state index is -0.299. The standard InChI is InChI=1S/C25H23FN4O2/c26-18-5-7-19(8-6-18)30-16-21(25(28-30)22-2-1-14-27-22)23-11-12-24(32)29(23)15-13-17-3-9-20(31)10-4-17/h1-10,14,16,23,27,31H,11-13,15H2/t23-/m1/s1. The van der Waals surface area contributed by atoms with Gasteiger partial charge in [0.15, 0.2) is 0 Å². The number of aromatic hydroxyl groups is 1. The van der Waals surface area contributed by atoms with Crippen LogP contribution >= 0.6 is 0 Å². The topological polar surface area (TPSA) is 74.2 Å². The first-order valence-electron chi connectivity index (χ1n) is 10.6. The number of carbonyl (C=O) groups is 1. The van der Waals surface area contributed by atoms with Crippen molar-refractivity contribution in [1.29, 1.82) is 0 Å². The largest absolute Gasteiger partial charge is 0.508 e. The molecule has 4 aromatic rings. The van der Waals surface area contributed by atoms with Crippen molar-refractivity contribution in [3.8, 4) is 22.8 Å². The lowest BCUT2D eigenvalue weighted by Gasteiger charge is -2.25. The molecule has 7 heteroatoms. The van der Waals surface area contributed by atoms with Crippen molar-refractivity contribution < 1.29 is 14.3 Å². The van der Waals surface area contributed by atoms with Gasteiger partial charge in [-0.3, -0.25) is 4.79 Å². The number of halogens is 1. The van der Waals surface area contributed by atoms with E-state index < -0.39 is 0 Å². The summed E-state index contributed by atoms with van der Waals surface area (Å²) in [6.45, 7) is 0.584. The van der Waals surface area contributed by atoms with E-state index in [2.05, 4.69) is 4.98 Å². The van der Waals surface area contributed by atoms with Crippen molar-refractivity contribution in [2.75, 3.05) is 6.54 Å². The Labute approximate surface area is 184 Å². The fraction of sp³-hybridized carbons (Fsp3) is 0.200. The van der Waals surface area contributed by atoms with Crippen LogP contribution in [0.5, 0.6) is 5.75 Å². The van der Waals surface area contributed by atoms with Crippen LogP contribution in [0, 0.1) is 5.82 Å². The summed E-state index contributed by atoms with van der Waals surface area (Å²) in [5.74, 6) is 0.0564. The van der Waals surface area contributed by atoms with Crippen molar-refractivity contribution in [2.24, 2.45) is 0 Å². The van der Waals surface area contributed by atoms with Crippen LogP contribution in [0.25, 0.3) is 17.1 Å². The summed E-state index contributed by atoms with van der Waals surface area (Å²) in [5, 5.41) is 14.3. The Balaban J connectivity index is 1.48. The highest BCUT2D eigenvalue weighted by Crippen LogP contribution is 2.38. The lowest BCUT2D eigenvalue weighted by atomic mass is 10.0. The van der Waals surface area contributed by atoms with E-state index in [0.29, 0.717) is 19.4 Å². The molecule has 6 nitrogen and oxygen atoms in total. The summed E-state index contributed by atoms with van der Waals surface area (Å²) >= 11 is 0. The molecule has 1 fully saturated rings. The minimum Gasteiger partial charge on any atom is -0.508 e. The van der Waals surface area contributed by atoms with Crippen LogP contribution in [-0.4, -0.2) is 37.2 Å². The normalized spacial score (nSPS) is 16.1. The molecule has 0 spiro atoms. The van der Waals surface area contributed by atoms with Gasteiger partial charge in [0.2, 0.25) is 5.91 Å². The Bertz CT molecular complexity index is 1210. The number of aromatic amines is 1. The number of amides is 1. The molecule has 2 aromatic carbocycles. The fourth-order valence-corrected chi connectivity index (χ4v) is 4.29. The van der Waals surface area contributed by atoms with E-state index in [4.69, 9.17) is 5.10 Å². The smallest absolute Gasteiger partial charge is 0.223 e. The summed E-state index contributed by atoms with van der Waals surface area (Å²) in [4.78, 5) is 17.9. The van der Waals surface area contributed by atoms with Crippen LogP contribution in [0.2, 0.25) is 0 Å². The molecule has 162 valence electrons. The number of aromatic nitrogens is 3. The van der Waals surface area contributed by atoms with Crippen molar-refractivity contribution in [3.05, 3.63) is 90.0 Å². The summed E-state index contributed by atoms with van der Waals surface area (Å²) in [6.07, 6.45) is 5.70. The van der Waals surface area contributed by atoms with Crippen LogP contribution < -0.4 is 0 Å². The number of hydrogen-bond acceptors (Lipinski definition) is 3. The van der Waals surface area contributed by atoms with Crippen LogP contribution in [0.1, 0.15) is 30.0 Å². The molecule has 1 aliphatic rings. The Morgan fingerprint density at radius 1 is 1.09 bits per heavy atom. The lowest BCUT2D eigenvalue weighted by molar-refractivity contribution is -0.129. The first kappa shape index (κ1) is 20.1. The Hall–Kier alpha value is -3.87. The third-order valence-electron chi connectivity index (χ3n) is 5.95. The number of benzene rings is 2. The van der Waals surface area contributed by atoms with Gasteiger partial charge >= 0.3 is 0 Å². The van der Waals surface area contributed by atoms with Crippen molar-refractivity contribution in [3.63, 3.8) is 0 Å². The zero-order valence-electron chi connectivity index (χ0n) is 17.4. The second-order valence-corrected chi connectivity index (χ2v) is 8.00. The van der Waals surface area contributed by atoms with Crippen LogP contribution in [0.3, 0.4) is 0 Å². The molecule has 5 rings (SSSR count). The molecule has 1 aliphatic heterocycles. The monoisotopic (exact) mass is 430 g/mol.